The normalized spacial score (nSPS) is 11.4. The van der Waals surface area contributed by atoms with Gasteiger partial charge in [0.15, 0.2) is 0 Å². The number of hydrogen-bond acceptors (Lipinski definition) is 6. The van der Waals surface area contributed by atoms with Crippen LogP contribution in [0.2, 0.25) is 0 Å². The minimum Gasteiger partial charge on any atom is -0.462 e. The van der Waals surface area contributed by atoms with Crippen molar-refractivity contribution in [2.75, 3.05) is 17.2 Å². The van der Waals surface area contributed by atoms with E-state index in [1.165, 1.54) is 23.1 Å². The van der Waals surface area contributed by atoms with Gasteiger partial charge in [-0.25, -0.2) is 4.79 Å². The molecular formula is C30H28N2O4S2. The molecule has 4 aromatic rings. The number of thiophene rings is 1. The molecule has 0 aliphatic rings. The van der Waals surface area contributed by atoms with Crippen molar-refractivity contribution >= 4 is 52.3 Å². The molecule has 194 valence electrons. The predicted molar refractivity (Wildman–Crippen MR) is 154 cm³/mol. The monoisotopic (exact) mass is 544 g/mol. The number of nitrogens with one attached hydrogen (secondary N) is 2. The van der Waals surface area contributed by atoms with Crippen LogP contribution in [0.1, 0.15) is 50.6 Å². The second-order valence-electron chi connectivity index (χ2n) is 8.42. The van der Waals surface area contributed by atoms with Crippen LogP contribution in [0.25, 0.3) is 0 Å². The number of thioether (sulfide) groups is 1. The van der Waals surface area contributed by atoms with Crippen LogP contribution in [-0.2, 0) is 9.53 Å². The summed E-state index contributed by atoms with van der Waals surface area (Å²) in [4.78, 5) is 39.4. The number of hydrogen-bond donors (Lipinski definition) is 2. The Balaban J connectivity index is 1.43. The molecule has 1 unspecified atom stereocenters. The molecule has 1 aromatic heterocycles. The first kappa shape index (κ1) is 27.2. The summed E-state index contributed by atoms with van der Waals surface area (Å²) in [7, 11) is 0. The molecule has 0 saturated carbocycles. The van der Waals surface area contributed by atoms with Crippen LogP contribution in [0.4, 0.5) is 11.4 Å². The summed E-state index contributed by atoms with van der Waals surface area (Å²) in [6, 6.07) is 27.3. The Kier molecular flexibility index (Phi) is 9.72. The third kappa shape index (κ3) is 7.57. The van der Waals surface area contributed by atoms with Gasteiger partial charge in [-0.3, -0.25) is 9.59 Å². The maximum Gasteiger partial charge on any atom is 0.338 e. The summed E-state index contributed by atoms with van der Waals surface area (Å²) >= 11 is 2.80. The quantitative estimate of drug-likeness (QED) is 0.117. The summed E-state index contributed by atoms with van der Waals surface area (Å²) < 4.78 is 5.25. The van der Waals surface area contributed by atoms with Gasteiger partial charge in [0.05, 0.1) is 17.0 Å². The van der Waals surface area contributed by atoms with Gasteiger partial charge in [0.1, 0.15) is 5.25 Å². The molecule has 0 bridgehead atoms. The van der Waals surface area contributed by atoms with Gasteiger partial charge in [0.2, 0.25) is 5.91 Å². The Bertz CT molecular complexity index is 1340. The third-order valence-corrected chi connectivity index (χ3v) is 7.71. The molecule has 0 saturated heterocycles. The Morgan fingerprint density at radius 2 is 1.53 bits per heavy atom. The molecule has 6 nitrogen and oxygen atoms in total. The summed E-state index contributed by atoms with van der Waals surface area (Å²) in [5.74, 6) is -0.708. The number of rotatable bonds is 11. The number of amides is 2. The lowest BCUT2D eigenvalue weighted by Crippen LogP contribution is -2.19. The summed E-state index contributed by atoms with van der Waals surface area (Å²) in [5, 5.41) is 7.20. The molecule has 1 atom stereocenters. The van der Waals surface area contributed by atoms with Crippen LogP contribution in [0, 0.1) is 0 Å². The lowest BCUT2D eigenvalue weighted by Gasteiger charge is -2.17. The van der Waals surface area contributed by atoms with Gasteiger partial charge in [-0.2, -0.15) is 0 Å². The molecule has 0 radical (unpaired) electrons. The fourth-order valence-corrected chi connectivity index (χ4v) is 5.19. The molecule has 0 spiro atoms. The molecule has 2 N–H and O–H groups in total. The van der Waals surface area contributed by atoms with E-state index in [9.17, 15) is 14.4 Å². The van der Waals surface area contributed by atoms with Crippen molar-refractivity contribution in [2.45, 2.75) is 29.9 Å². The largest absolute Gasteiger partial charge is 0.462 e. The van der Waals surface area contributed by atoms with Crippen molar-refractivity contribution in [1.29, 1.82) is 0 Å². The Morgan fingerprint density at radius 3 is 2.18 bits per heavy atom. The summed E-state index contributed by atoms with van der Waals surface area (Å²) in [6.07, 6.45) is 1.78. The summed E-state index contributed by atoms with van der Waals surface area (Å²) in [6.45, 7) is 2.43. The van der Waals surface area contributed by atoms with E-state index in [4.69, 9.17) is 4.74 Å². The second kappa shape index (κ2) is 13.6. The fourth-order valence-electron chi connectivity index (χ4n) is 3.54. The van der Waals surface area contributed by atoms with Crippen LogP contribution in [-0.4, -0.2) is 24.4 Å². The zero-order valence-corrected chi connectivity index (χ0v) is 22.5. The van der Waals surface area contributed by atoms with Crippen LogP contribution in [0.5, 0.6) is 0 Å². The number of carbonyl (C=O) groups is 3. The first-order valence-electron chi connectivity index (χ1n) is 12.3. The predicted octanol–water partition coefficient (Wildman–Crippen LogP) is 7.43. The topological polar surface area (TPSA) is 84.5 Å². The summed E-state index contributed by atoms with van der Waals surface area (Å²) in [5.41, 5.74) is 2.58. The van der Waals surface area contributed by atoms with Crippen molar-refractivity contribution in [3.05, 3.63) is 112 Å². The number of esters is 1. The second-order valence-corrected chi connectivity index (χ2v) is 10.5. The number of benzene rings is 3. The van der Waals surface area contributed by atoms with Crippen molar-refractivity contribution in [3.8, 4) is 0 Å². The number of carbonyl (C=O) groups excluding carboxylic acids is 3. The van der Waals surface area contributed by atoms with E-state index in [-0.39, 0.29) is 17.8 Å². The molecular weight excluding hydrogens is 516 g/mol. The smallest absolute Gasteiger partial charge is 0.338 e. The van der Waals surface area contributed by atoms with Crippen molar-refractivity contribution in [2.24, 2.45) is 0 Å². The lowest BCUT2D eigenvalue weighted by atomic mass is 10.1. The molecule has 1 heterocycles. The van der Waals surface area contributed by atoms with Gasteiger partial charge in [0.25, 0.3) is 5.91 Å². The van der Waals surface area contributed by atoms with Gasteiger partial charge in [-0.05, 0) is 72.0 Å². The van der Waals surface area contributed by atoms with Gasteiger partial charge >= 0.3 is 5.97 Å². The van der Waals surface area contributed by atoms with Crippen LogP contribution < -0.4 is 10.6 Å². The van der Waals surface area contributed by atoms with Crippen molar-refractivity contribution in [1.82, 2.24) is 0 Å². The first-order chi connectivity index (χ1) is 18.5. The van der Waals surface area contributed by atoms with Gasteiger partial charge in [-0.15, -0.1) is 23.1 Å². The zero-order valence-electron chi connectivity index (χ0n) is 20.9. The Labute approximate surface area is 230 Å². The molecule has 0 fully saturated rings. The molecule has 4 rings (SSSR count). The van der Waals surface area contributed by atoms with E-state index in [0.717, 1.165) is 23.3 Å². The number of anilines is 2. The van der Waals surface area contributed by atoms with Gasteiger partial charge in [-0.1, -0.05) is 49.7 Å². The highest BCUT2D eigenvalue weighted by Crippen LogP contribution is 2.36. The van der Waals surface area contributed by atoms with E-state index >= 15 is 0 Å². The van der Waals surface area contributed by atoms with Gasteiger partial charge in [0, 0.05) is 16.3 Å². The number of unbranched alkanes of at least 4 members (excludes halogenated alkanes) is 1. The highest BCUT2D eigenvalue weighted by molar-refractivity contribution is 8.00. The molecule has 0 aliphatic carbocycles. The standard InChI is InChI=1S/C30H28N2O4S2/c1-2-3-19-36-30(35)22-11-13-23(14-12-22)32-29(34)27(21-8-5-4-6-9-21)38-25-17-15-24(16-18-25)31-28(33)26-10-7-20-37-26/h4-18,20,27H,2-3,19H2,1H3,(H,31,33)(H,32,34). The highest BCUT2D eigenvalue weighted by Gasteiger charge is 2.22. The molecule has 38 heavy (non-hydrogen) atoms. The maximum atomic E-state index is 13.4. The SMILES string of the molecule is CCCCOC(=O)c1ccc(NC(=O)C(Sc2ccc(NC(=O)c3cccs3)cc2)c2ccccc2)cc1. The average molecular weight is 545 g/mol. The van der Waals surface area contributed by atoms with Gasteiger partial charge < -0.3 is 15.4 Å². The Hall–Kier alpha value is -3.88. The van der Waals surface area contributed by atoms with E-state index in [0.29, 0.717) is 28.4 Å². The average Bonchev–Trinajstić information content (AvgIpc) is 3.49. The zero-order chi connectivity index (χ0) is 26.7. The molecule has 2 amide bonds. The van der Waals surface area contributed by atoms with Crippen molar-refractivity contribution in [3.63, 3.8) is 0 Å². The van der Waals surface area contributed by atoms with Crippen LogP contribution in [0.3, 0.4) is 0 Å². The fraction of sp³-hybridized carbons (Fsp3) is 0.167. The van der Waals surface area contributed by atoms with E-state index in [1.54, 1.807) is 30.3 Å². The number of ether oxygens (including phenoxy) is 1. The third-order valence-electron chi connectivity index (χ3n) is 5.57. The first-order valence-corrected chi connectivity index (χ1v) is 14.0. The minimum atomic E-state index is -0.513. The maximum absolute atomic E-state index is 13.4. The van der Waals surface area contributed by atoms with E-state index in [1.807, 2.05) is 73.0 Å². The highest BCUT2D eigenvalue weighted by atomic mass is 32.2. The van der Waals surface area contributed by atoms with Crippen LogP contribution >= 0.6 is 23.1 Å². The minimum absolute atomic E-state index is 0.151. The molecule has 0 aliphatic heterocycles. The van der Waals surface area contributed by atoms with E-state index < -0.39 is 5.25 Å². The van der Waals surface area contributed by atoms with Crippen molar-refractivity contribution < 1.29 is 19.1 Å². The molecule has 3 aromatic carbocycles. The molecule has 8 heteroatoms. The van der Waals surface area contributed by atoms with Crippen LogP contribution in [0.15, 0.2) is 101 Å². The van der Waals surface area contributed by atoms with E-state index in [2.05, 4.69) is 10.6 Å². The lowest BCUT2D eigenvalue weighted by molar-refractivity contribution is -0.115. The Morgan fingerprint density at radius 1 is 0.842 bits per heavy atom.